The summed E-state index contributed by atoms with van der Waals surface area (Å²) in [5.41, 5.74) is 1.50. The van der Waals surface area contributed by atoms with Gasteiger partial charge in [-0.3, -0.25) is 5.10 Å². The Morgan fingerprint density at radius 1 is 1.07 bits per heavy atom. The first-order valence-corrected chi connectivity index (χ1v) is 4.16. The van der Waals surface area contributed by atoms with Crippen LogP contribution >= 0.6 is 12.4 Å². The third kappa shape index (κ3) is 3.02. The number of hydrogen-bond donors (Lipinski definition) is 1. The van der Waals surface area contributed by atoms with Gasteiger partial charge in [0.2, 0.25) is 0 Å². The van der Waals surface area contributed by atoms with Gasteiger partial charge in [0.25, 0.3) is 0 Å². The van der Waals surface area contributed by atoms with Crippen molar-refractivity contribution in [2.45, 2.75) is 6.42 Å². The lowest BCUT2D eigenvalue weighted by Gasteiger charge is -1.99. The molecule has 1 N–H and O–H groups in total. The van der Waals surface area contributed by atoms with Gasteiger partial charge in [0.05, 0.1) is 6.20 Å². The minimum absolute atomic E-state index is 0. The summed E-state index contributed by atoms with van der Waals surface area (Å²) in [4.78, 5) is 0. The van der Waals surface area contributed by atoms with Crippen molar-refractivity contribution in [1.29, 1.82) is 0 Å². The van der Waals surface area contributed by atoms with Gasteiger partial charge in [-0.25, -0.2) is 8.78 Å². The van der Waals surface area contributed by atoms with E-state index in [4.69, 9.17) is 0 Å². The van der Waals surface area contributed by atoms with E-state index in [9.17, 15) is 8.78 Å². The summed E-state index contributed by atoms with van der Waals surface area (Å²) in [5, 5.41) is 6.39. The van der Waals surface area contributed by atoms with Crippen molar-refractivity contribution in [2.24, 2.45) is 0 Å². The second-order valence-electron chi connectivity index (χ2n) is 3.06. The lowest BCUT2D eigenvalue weighted by Crippen LogP contribution is -1.89. The fourth-order valence-corrected chi connectivity index (χ4v) is 1.32. The number of aromatic nitrogens is 2. The number of rotatable bonds is 2. The summed E-state index contributed by atoms with van der Waals surface area (Å²) in [5.74, 6) is -1.10. The molecule has 5 heteroatoms. The fourth-order valence-electron chi connectivity index (χ4n) is 1.32. The lowest BCUT2D eigenvalue weighted by atomic mass is 10.1. The first kappa shape index (κ1) is 11.7. The zero-order valence-corrected chi connectivity index (χ0v) is 8.52. The summed E-state index contributed by atoms with van der Waals surface area (Å²) < 4.78 is 25.6. The van der Waals surface area contributed by atoms with Crippen LogP contribution in [0.1, 0.15) is 11.1 Å². The van der Waals surface area contributed by atoms with Crippen LogP contribution in [0.15, 0.2) is 30.6 Å². The summed E-state index contributed by atoms with van der Waals surface area (Å²) in [6.45, 7) is 0. The summed E-state index contributed by atoms with van der Waals surface area (Å²) in [6.07, 6.45) is 3.80. The van der Waals surface area contributed by atoms with Crippen LogP contribution in [0.2, 0.25) is 0 Å². The molecule has 0 fully saturated rings. The maximum atomic E-state index is 12.8. The molecule has 0 amide bonds. The molecule has 0 radical (unpaired) electrons. The van der Waals surface area contributed by atoms with Gasteiger partial charge in [-0.15, -0.1) is 12.4 Å². The molecule has 2 rings (SSSR count). The Labute approximate surface area is 91.7 Å². The molecule has 0 aliphatic carbocycles. The van der Waals surface area contributed by atoms with Gasteiger partial charge in [0.15, 0.2) is 0 Å². The standard InChI is InChI=1S/C10H8F2N2.ClH/c11-9-2-7(3-10(12)4-9)1-8-5-13-14-6-8;/h2-6H,1H2,(H,13,14);1H. The van der Waals surface area contributed by atoms with E-state index in [1.165, 1.54) is 12.1 Å². The van der Waals surface area contributed by atoms with Crippen LogP contribution in [0.5, 0.6) is 0 Å². The molecule has 0 saturated heterocycles. The molecule has 0 unspecified atom stereocenters. The monoisotopic (exact) mass is 230 g/mol. The third-order valence-corrected chi connectivity index (χ3v) is 1.89. The first-order valence-electron chi connectivity index (χ1n) is 4.16. The van der Waals surface area contributed by atoms with Crippen LogP contribution in [0, 0.1) is 11.6 Å². The number of benzene rings is 1. The third-order valence-electron chi connectivity index (χ3n) is 1.89. The summed E-state index contributed by atoms with van der Waals surface area (Å²) in [6, 6.07) is 3.49. The van der Waals surface area contributed by atoms with Crippen LogP contribution in [-0.2, 0) is 6.42 Å². The van der Waals surface area contributed by atoms with Crippen LogP contribution in [0.3, 0.4) is 0 Å². The van der Waals surface area contributed by atoms with E-state index in [0.29, 0.717) is 12.0 Å². The van der Waals surface area contributed by atoms with Crippen LogP contribution < -0.4 is 0 Å². The second-order valence-corrected chi connectivity index (χ2v) is 3.06. The average molecular weight is 231 g/mol. The highest BCUT2D eigenvalue weighted by Crippen LogP contribution is 2.11. The fraction of sp³-hybridized carbons (Fsp3) is 0.100. The summed E-state index contributed by atoms with van der Waals surface area (Å²) in [7, 11) is 0. The van der Waals surface area contributed by atoms with E-state index in [0.717, 1.165) is 11.6 Å². The van der Waals surface area contributed by atoms with Crippen molar-refractivity contribution in [3.8, 4) is 0 Å². The van der Waals surface area contributed by atoms with Gasteiger partial charge in [-0.2, -0.15) is 5.10 Å². The molecular formula is C10H9ClF2N2. The second kappa shape index (κ2) is 4.89. The van der Waals surface area contributed by atoms with E-state index in [-0.39, 0.29) is 12.4 Å². The molecule has 2 nitrogen and oxygen atoms in total. The Morgan fingerprint density at radius 3 is 2.27 bits per heavy atom. The van der Waals surface area contributed by atoms with E-state index in [2.05, 4.69) is 10.2 Å². The molecule has 0 aliphatic heterocycles. The largest absolute Gasteiger partial charge is 0.285 e. The molecular weight excluding hydrogens is 222 g/mol. The quantitative estimate of drug-likeness (QED) is 0.844. The molecule has 15 heavy (non-hydrogen) atoms. The molecule has 0 aliphatic rings. The van der Waals surface area contributed by atoms with Crippen LogP contribution in [0.4, 0.5) is 8.78 Å². The lowest BCUT2D eigenvalue weighted by molar-refractivity contribution is 0.580. The Bertz CT molecular complexity index is 409. The number of H-pyrrole nitrogens is 1. The van der Waals surface area contributed by atoms with E-state index >= 15 is 0 Å². The predicted molar refractivity (Wildman–Crippen MR) is 55.0 cm³/mol. The average Bonchev–Trinajstić information content (AvgIpc) is 2.54. The molecule has 1 aromatic heterocycles. The number of nitrogens with one attached hydrogen (secondary N) is 1. The van der Waals surface area contributed by atoms with E-state index in [1.54, 1.807) is 12.4 Å². The van der Waals surface area contributed by atoms with Crippen molar-refractivity contribution in [3.63, 3.8) is 0 Å². The Kier molecular flexibility index (Phi) is 3.80. The van der Waals surface area contributed by atoms with Gasteiger partial charge < -0.3 is 0 Å². The van der Waals surface area contributed by atoms with Crippen molar-refractivity contribution < 1.29 is 8.78 Å². The highest BCUT2D eigenvalue weighted by Gasteiger charge is 2.02. The highest BCUT2D eigenvalue weighted by atomic mass is 35.5. The SMILES string of the molecule is Cl.Fc1cc(F)cc(Cc2cn[nH]c2)c1. The zero-order chi connectivity index (χ0) is 9.97. The minimum Gasteiger partial charge on any atom is -0.285 e. The molecule has 0 bridgehead atoms. The molecule has 1 heterocycles. The molecule has 80 valence electrons. The smallest absolute Gasteiger partial charge is 0.126 e. The maximum absolute atomic E-state index is 12.8. The van der Waals surface area contributed by atoms with Gasteiger partial charge in [0, 0.05) is 18.7 Å². The molecule has 1 aromatic carbocycles. The highest BCUT2D eigenvalue weighted by molar-refractivity contribution is 5.85. The van der Waals surface area contributed by atoms with Gasteiger partial charge in [0.1, 0.15) is 11.6 Å². The Morgan fingerprint density at radius 2 is 1.73 bits per heavy atom. The molecule has 0 spiro atoms. The number of hydrogen-bond acceptors (Lipinski definition) is 1. The number of halogens is 3. The van der Waals surface area contributed by atoms with Gasteiger partial charge in [-0.1, -0.05) is 0 Å². The van der Waals surface area contributed by atoms with Crippen molar-refractivity contribution in [3.05, 3.63) is 53.4 Å². The van der Waals surface area contributed by atoms with E-state index in [1.807, 2.05) is 0 Å². The minimum atomic E-state index is -0.552. The van der Waals surface area contributed by atoms with Crippen LogP contribution in [-0.4, -0.2) is 10.2 Å². The Hall–Kier alpha value is -1.42. The predicted octanol–water partition coefficient (Wildman–Crippen LogP) is 2.70. The van der Waals surface area contributed by atoms with Crippen molar-refractivity contribution in [1.82, 2.24) is 10.2 Å². The summed E-state index contributed by atoms with van der Waals surface area (Å²) >= 11 is 0. The first-order chi connectivity index (χ1) is 6.74. The molecule has 0 atom stereocenters. The number of nitrogens with zero attached hydrogens (tertiary/aromatic N) is 1. The van der Waals surface area contributed by atoms with Gasteiger partial charge in [-0.05, 0) is 23.3 Å². The zero-order valence-electron chi connectivity index (χ0n) is 7.71. The number of aromatic amines is 1. The van der Waals surface area contributed by atoms with Crippen molar-refractivity contribution in [2.75, 3.05) is 0 Å². The van der Waals surface area contributed by atoms with E-state index < -0.39 is 11.6 Å². The molecule has 2 aromatic rings. The van der Waals surface area contributed by atoms with Gasteiger partial charge >= 0.3 is 0 Å². The maximum Gasteiger partial charge on any atom is 0.126 e. The molecule has 0 saturated carbocycles. The Balaban J connectivity index is 0.00000112. The topological polar surface area (TPSA) is 28.7 Å². The van der Waals surface area contributed by atoms with Crippen LogP contribution in [0.25, 0.3) is 0 Å². The normalized spacial score (nSPS) is 9.73. The van der Waals surface area contributed by atoms with Crippen molar-refractivity contribution >= 4 is 12.4 Å².